The van der Waals surface area contributed by atoms with Crippen LogP contribution < -0.4 is 10.1 Å². The number of methoxy groups -OCH3 is 1. The molecule has 0 saturated heterocycles. The van der Waals surface area contributed by atoms with Crippen molar-refractivity contribution < 1.29 is 9.53 Å². The van der Waals surface area contributed by atoms with Crippen LogP contribution in [0.1, 0.15) is 38.9 Å². The molecule has 1 N–H and O–H groups in total. The molecule has 2 aromatic rings. The van der Waals surface area contributed by atoms with E-state index in [4.69, 9.17) is 4.74 Å². The van der Waals surface area contributed by atoms with Crippen molar-refractivity contribution in [1.29, 1.82) is 0 Å². The SMILES string of the molecule is COc1ccccc1C(C)NC(=O)c1sc(C)nc1C. The summed E-state index contributed by atoms with van der Waals surface area (Å²) in [5.74, 6) is 0.684. The summed E-state index contributed by atoms with van der Waals surface area (Å²) in [6.45, 7) is 5.70. The summed E-state index contributed by atoms with van der Waals surface area (Å²) < 4.78 is 5.32. The first-order valence-corrected chi connectivity index (χ1v) is 7.22. The fraction of sp³-hybridized carbons (Fsp3) is 0.333. The van der Waals surface area contributed by atoms with E-state index >= 15 is 0 Å². The topological polar surface area (TPSA) is 51.2 Å². The van der Waals surface area contributed by atoms with E-state index in [1.165, 1.54) is 11.3 Å². The third-order valence-electron chi connectivity index (χ3n) is 3.06. The summed E-state index contributed by atoms with van der Waals surface area (Å²) in [4.78, 5) is 17.2. The highest BCUT2D eigenvalue weighted by atomic mass is 32.1. The van der Waals surface area contributed by atoms with Crippen molar-refractivity contribution in [1.82, 2.24) is 10.3 Å². The number of aromatic nitrogens is 1. The van der Waals surface area contributed by atoms with Gasteiger partial charge in [-0.3, -0.25) is 4.79 Å². The molecule has 20 heavy (non-hydrogen) atoms. The first-order valence-electron chi connectivity index (χ1n) is 6.40. The van der Waals surface area contributed by atoms with E-state index in [2.05, 4.69) is 10.3 Å². The molecular weight excluding hydrogens is 272 g/mol. The zero-order valence-electron chi connectivity index (χ0n) is 12.1. The van der Waals surface area contributed by atoms with Gasteiger partial charge in [0.1, 0.15) is 10.6 Å². The zero-order chi connectivity index (χ0) is 14.7. The van der Waals surface area contributed by atoms with Crippen LogP contribution in [0.5, 0.6) is 5.75 Å². The Bertz CT molecular complexity index is 622. The van der Waals surface area contributed by atoms with E-state index in [0.29, 0.717) is 4.88 Å². The molecular formula is C15H18N2O2S. The van der Waals surface area contributed by atoms with Crippen LogP contribution in [0.25, 0.3) is 0 Å². The summed E-state index contributed by atoms with van der Waals surface area (Å²) in [5.41, 5.74) is 1.74. The Labute approximate surface area is 122 Å². The van der Waals surface area contributed by atoms with Gasteiger partial charge >= 0.3 is 0 Å². The second kappa shape index (κ2) is 6.05. The highest BCUT2D eigenvalue weighted by molar-refractivity contribution is 7.13. The van der Waals surface area contributed by atoms with Gasteiger partial charge in [-0.25, -0.2) is 4.98 Å². The van der Waals surface area contributed by atoms with Gasteiger partial charge in [-0.05, 0) is 26.8 Å². The van der Waals surface area contributed by atoms with E-state index in [1.807, 2.05) is 45.0 Å². The van der Waals surface area contributed by atoms with E-state index in [9.17, 15) is 4.79 Å². The lowest BCUT2D eigenvalue weighted by atomic mass is 10.1. The van der Waals surface area contributed by atoms with E-state index < -0.39 is 0 Å². The monoisotopic (exact) mass is 290 g/mol. The van der Waals surface area contributed by atoms with Gasteiger partial charge in [0.25, 0.3) is 5.91 Å². The maximum absolute atomic E-state index is 12.3. The highest BCUT2D eigenvalue weighted by Crippen LogP contribution is 2.25. The predicted octanol–water partition coefficient (Wildman–Crippen LogP) is 3.26. The van der Waals surface area contributed by atoms with Gasteiger partial charge in [0.2, 0.25) is 0 Å². The van der Waals surface area contributed by atoms with Crippen molar-refractivity contribution in [3.05, 3.63) is 45.4 Å². The third kappa shape index (κ3) is 2.99. The Kier molecular flexibility index (Phi) is 4.39. The van der Waals surface area contributed by atoms with Gasteiger partial charge in [-0.2, -0.15) is 0 Å². The molecule has 5 heteroatoms. The van der Waals surface area contributed by atoms with Gasteiger partial charge in [0.15, 0.2) is 0 Å². The molecule has 2 rings (SSSR count). The van der Waals surface area contributed by atoms with Crippen LogP contribution in [-0.2, 0) is 0 Å². The molecule has 0 aliphatic carbocycles. The summed E-state index contributed by atoms with van der Waals surface area (Å²) >= 11 is 1.42. The minimum absolute atomic E-state index is 0.0912. The first kappa shape index (κ1) is 14.5. The lowest BCUT2D eigenvalue weighted by Crippen LogP contribution is -2.26. The maximum atomic E-state index is 12.3. The molecule has 0 bridgehead atoms. The Balaban J connectivity index is 2.17. The molecule has 1 aromatic carbocycles. The van der Waals surface area contributed by atoms with Crippen LogP contribution in [0.4, 0.5) is 0 Å². The molecule has 106 valence electrons. The summed E-state index contributed by atoms with van der Waals surface area (Å²) in [6.07, 6.45) is 0. The molecule has 0 aliphatic heterocycles. The Hall–Kier alpha value is -1.88. The molecule has 0 radical (unpaired) electrons. The number of rotatable bonds is 4. The first-order chi connectivity index (χ1) is 9.52. The number of benzene rings is 1. The number of hydrogen-bond acceptors (Lipinski definition) is 4. The molecule has 4 nitrogen and oxygen atoms in total. The zero-order valence-corrected chi connectivity index (χ0v) is 12.9. The number of nitrogens with one attached hydrogen (secondary N) is 1. The van der Waals surface area contributed by atoms with Crippen molar-refractivity contribution in [2.45, 2.75) is 26.8 Å². The lowest BCUT2D eigenvalue weighted by Gasteiger charge is -2.16. The van der Waals surface area contributed by atoms with Crippen LogP contribution in [0.15, 0.2) is 24.3 Å². The van der Waals surface area contributed by atoms with Crippen molar-refractivity contribution in [2.75, 3.05) is 7.11 Å². The molecule has 0 fully saturated rings. The van der Waals surface area contributed by atoms with E-state index in [1.54, 1.807) is 7.11 Å². The van der Waals surface area contributed by atoms with Crippen molar-refractivity contribution in [3.8, 4) is 5.75 Å². The molecule has 1 atom stereocenters. The molecule has 0 saturated carbocycles. The molecule has 1 amide bonds. The van der Waals surface area contributed by atoms with Crippen LogP contribution >= 0.6 is 11.3 Å². The predicted molar refractivity (Wildman–Crippen MR) is 80.5 cm³/mol. The van der Waals surface area contributed by atoms with Crippen LogP contribution in [0.2, 0.25) is 0 Å². The Morgan fingerprint density at radius 3 is 2.65 bits per heavy atom. The number of para-hydroxylation sites is 1. The van der Waals surface area contributed by atoms with E-state index in [-0.39, 0.29) is 11.9 Å². The number of hydrogen-bond donors (Lipinski definition) is 1. The van der Waals surface area contributed by atoms with E-state index in [0.717, 1.165) is 22.0 Å². The normalized spacial score (nSPS) is 12.0. The second-order valence-electron chi connectivity index (χ2n) is 4.58. The Morgan fingerprint density at radius 2 is 2.05 bits per heavy atom. The number of thiazole rings is 1. The maximum Gasteiger partial charge on any atom is 0.263 e. The van der Waals surface area contributed by atoms with Crippen LogP contribution in [0, 0.1) is 13.8 Å². The molecule has 0 spiro atoms. The molecule has 1 heterocycles. The highest BCUT2D eigenvalue weighted by Gasteiger charge is 2.18. The summed E-state index contributed by atoms with van der Waals surface area (Å²) in [6, 6.07) is 7.56. The summed E-state index contributed by atoms with van der Waals surface area (Å²) in [7, 11) is 1.63. The van der Waals surface area contributed by atoms with Crippen molar-refractivity contribution in [2.24, 2.45) is 0 Å². The lowest BCUT2D eigenvalue weighted by molar-refractivity contribution is 0.0943. The largest absolute Gasteiger partial charge is 0.496 e. The van der Waals surface area contributed by atoms with Crippen LogP contribution in [-0.4, -0.2) is 18.0 Å². The Morgan fingerprint density at radius 1 is 1.35 bits per heavy atom. The quantitative estimate of drug-likeness (QED) is 0.940. The number of amides is 1. The molecule has 0 aliphatic rings. The van der Waals surface area contributed by atoms with Gasteiger partial charge in [0.05, 0.1) is 23.9 Å². The average Bonchev–Trinajstić information content (AvgIpc) is 2.77. The number of carbonyl (C=O) groups excluding carboxylic acids is 1. The standard InChI is InChI=1S/C15H18N2O2S/c1-9(12-7-5-6-8-13(12)19-4)17-15(18)14-10(2)16-11(3)20-14/h5-9H,1-4H3,(H,17,18). The number of aryl methyl sites for hydroxylation is 2. The van der Waals surface area contributed by atoms with Gasteiger partial charge in [0, 0.05) is 5.56 Å². The minimum Gasteiger partial charge on any atom is -0.496 e. The van der Waals surface area contributed by atoms with Crippen molar-refractivity contribution >= 4 is 17.2 Å². The van der Waals surface area contributed by atoms with Gasteiger partial charge in [-0.1, -0.05) is 18.2 Å². The van der Waals surface area contributed by atoms with Gasteiger partial charge < -0.3 is 10.1 Å². The number of carbonyl (C=O) groups is 1. The fourth-order valence-electron chi connectivity index (χ4n) is 2.11. The fourth-order valence-corrected chi connectivity index (χ4v) is 2.93. The summed E-state index contributed by atoms with van der Waals surface area (Å²) in [5, 5.41) is 3.89. The van der Waals surface area contributed by atoms with Crippen LogP contribution in [0.3, 0.4) is 0 Å². The number of nitrogens with zero attached hydrogens (tertiary/aromatic N) is 1. The smallest absolute Gasteiger partial charge is 0.263 e. The average molecular weight is 290 g/mol. The number of ether oxygens (including phenoxy) is 1. The second-order valence-corrected chi connectivity index (χ2v) is 5.79. The molecule has 1 aromatic heterocycles. The minimum atomic E-state index is -0.125. The third-order valence-corrected chi connectivity index (χ3v) is 4.13. The van der Waals surface area contributed by atoms with Crippen molar-refractivity contribution in [3.63, 3.8) is 0 Å². The van der Waals surface area contributed by atoms with Gasteiger partial charge in [-0.15, -0.1) is 11.3 Å². The molecule has 1 unspecified atom stereocenters.